The summed E-state index contributed by atoms with van der Waals surface area (Å²) in [6, 6.07) is 4.17. The fourth-order valence-electron chi connectivity index (χ4n) is 1.42. The molecule has 0 radical (unpaired) electrons. The van der Waals surface area contributed by atoms with Gasteiger partial charge in [-0.1, -0.05) is 0 Å². The van der Waals surface area contributed by atoms with Gasteiger partial charge in [0.15, 0.2) is 0 Å². The smallest absolute Gasteiger partial charge is 0.338 e. The van der Waals surface area contributed by atoms with E-state index in [1.165, 1.54) is 32.4 Å². The van der Waals surface area contributed by atoms with Gasteiger partial charge in [0.25, 0.3) is 5.69 Å². The largest absolute Gasteiger partial charge is 0.465 e. The molecular weight excluding hydrogens is 226 g/mol. The number of rotatable bonds is 4. The second kappa shape index (κ2) is 5.40. The third kappa shape index (κ3) is 2.79. The van der Waals surface area contributed by atoms with Crippen LogP contribution in [-0.2, 0) is 9.47 Å². The molecule has 1 aromatic carbocycles. The second-order valence-electron chi connectivity index (χ2n) is 3.40. The summed E-state index contributed by atoms with van der Waals surface area (Å²) in [5, 5.41) is 10.9. The summed E-state index contributed by atoms with van der Waals surface area (Å²) < 4.78 is 9.54. The fourth-order valence-corrected chi connectivity index (χ4v) is 1.42. The van der Waals surface area contributed by atoms with Crippen molar-refractivity contribution in [1.82, 2.24) is 0 Å². The third-order valence-electron chi connectivity index (χ3n) is 2.44. The highest BCUT2D eigenvalue weighted by molar-refractivity contribution is 5.90. The maximum absolute atomic E-state index is 11.3. The molecule has 0 saturated heterocycles. The Labute approximate surface area is 98.3 Å². The average molecular weight is 239 g/mol. The predicted molar refractivity (Wildman–Crippen MR) is 59.9 cm³/mol. The van der Waals surface area contributed by atoms with Crippen LogP contribution in [0.15, 0.2) is 18.2 Å². The van der Waals surface area contributed by atoms with Crippen LogP contribution in [0.3, 0.4) is 0 Å². The molecule has 0 aliphatic carbocycles. The van der Waals surface area contributed by atoms with Crippen molar-refractivity contribution in [3.8, 4) is 0 Å². The minimum atomic E-state index is -0.607. The Hall–Kier alpha value is -1.95. The van der Waals surface area contributed by atoms with Crippen molar-refractivity contribution in [2.45, 2.75) is 13.0 Å². The molecule has 0 bridgehead atoms. The Balaban J connectivity index is 3.26. The number of methoxy groups -OCH3 is 2. The number of nitro benzene ring substituents is 1. The van der Waals surface area contributed by atoms with Crippen molar-refractivity contribution in [1.29, 1.82) is 0 Å². The lowest BCUT2D eigenvalue weighted by Crippen LogP contribution is -2.06. The van der Waals surface area contributed by atoms with Crippen LogP contribution in [0.5, 0.6) is 0 Å². The number of nitro groups is 1. The molecule has 0 aliphatic heterocycles. The van der Waals surface area contributed by atoms with Crippen molar-refractivity contribution < 1.29 is 19.2 Å². The molecule has 0 amide bonds. The van der Waals surface area contributed by atoms with Crippen molar-refractivity contribution in [3.05, 3.63) is 39.4 Å². The molecule has 1 atom stereocenters. The Kier molecular flexibility index (Phi) is 4.17. The van der Waals surface area contributed by atoms with Gasteiger partial charge in [-0.3, -0.25) is 10.1 Å². The molecule has 0 heterocycles. The lowest BCUT2D eigenvalue weighted by Gasteiger charge is -2.10. The SMILES string of the molecule is COC(=O)c1ccc([C@H](C)OC)c([N+](=O)[O-])c1. The van der Waals surface area contributed by atoms with Gasteiger partial charge in [0.1, 0.15) is 0 Å². The fraction of sp³-hybridized carbons (Fsp3) is 0.364. The molecule has 1 rings (SSSR count). The zero-order chi connectivity index (χ0) is 13.0. The third-order valence-corrected chi connectivity index (χ3v) is 2.44. The van der Waals surface area contributed by atoms with Crippen molar-refractivity contribution >= 4 is 11.7 Å². The number of nitrogens with zero attached hydrogens (tertiary/aromatic N) is 1. The van der Waals surface area contributed by atoms with Crippen LogP contribution in [-0.4, -0.2) is 25.1 Å². The zero-order valence-corrected chi connectivity index (χ0v) is 9.80. The number of carbonyl (C=O) groups excluding carboxylic acids is 1. The first kappa shape index (κ1) is 13.1. The van der Waals surface area contributed by atoms with E-state index in [0.717, 1.165) is 0 Å². The first-order valence-electron chi connectivity index (χ1n) is 4.90. The summed E-state index contributed by atoms with van der Waals surface area (Å²) in [5.41, 5.74) is 0.415. The number of benzene rings is 1. The summed E-state index contributed by atoms with van der Waals surface area (Å²) in [7, 11) is 2.68. The molecule has 6 nitrogen and oxygen atoms in total. The van der Waals surface area contributed by atoms with Crippen LogP contribution < -0.4 is 0 Å². The minimum Gasteiger partial charge on any atom is -0.465 e. The van der Waals surface area contributed by atoms with E-state index < -0.39 is 17.0 Å². The molecule has 0 aliphatic rings. The van der Waals surface area contributed by atoms with Crippen LogP contribution in [0.25, 0.3) is 0 Å². The first-order valence-corrected chi connectivity index (χ1v) is 4.90. The van der Waals surface area contributed by atoms with E-state index in [9.17, 15) is 14.9 Å². The van der Waals surface area contributed by atoms with E-state index in [-0.39, 0.29) is 11.3 Å². The normalized spacial score (nSPS) is 11.9. The molecule has 0 saturated carbocycles. The van der Waals surface area contributed by atoms with E-state index in [0.29, 0.717) is 5.56 Å². The number of hydrogen-bond acceptors (Lipinski definition) is 5. The van der Waals surface area contributed by atoms with Crippen molar-refractivity contribution in [2.24, 2.45) is 0 Å². The summed E-state index contributed by atoms with van der Waals surface area (Å²) in [4.78, 5) is 21.6. The molecule has 1 aromatic rings. The van der Waals surface area contributed by atoms with E-state index in [2.05, 4.69) is 4.74 Å². The monoisotopic (exact) mass is 239 g/mol. The molecule has 17 heavy (non-hydrogen) atoms. The van der Waals surface area contributed by atoms with Crippen LogP contribution in [0.4, 0.5) is 5.69 Å². The van der Waals surface area contributed by atoms with Gasteiger partial charge in [0.2, 0.25) is 0 Å². The lowest BCUT2D eigenvalue weighted by molar-refractivity contribution is -0.386. The Bertz CT molecular complexity index is 443. The lowest BCUT2D eigenvalue weighted by atomic mass is 10.1. The molecule has 0 N–H and O–H groups in total. The quantitative estimate of drug-likeness (QED) is 0.456. The second-order valence-corrected chi connectivity index (χ2v) is 3.40. The molecule has 0 unspecified atom stereocenters. The molecule has 92 valence electrons. The summed E-state index contributed by atoms with van der Waals surface area (Å²) >= 11 is 0. The van der Waals surface area contributed by atoms with Gasteiger partial charge >= 0.3 is 5.97 Å². The molecular formula is C11H13NO5. The van der Waals surface area contributed by atoms with Crippen LogP contribution >= 0.6 is 0 Å². The van der Waals surface area contributed by atoms with Crippen LogP contribution in [0.1, 0.15) is 28.9 Å². The highest BCUT2D eigenvalue weighted by Crippen LogP contribution is 2.28. The number of hydrogen-bond donors (Lipinski definition) is 0. The Morgan fingerprint density at radius 2 is 2.06 bits per heavy atom. The first-order chi connectivity index (χ1) is 8.01. The van der Waals surface area contributed by atoms with Crippen molar-refractivity contribution in [2.75, 3.05) is 14.2 Å². The molecule has 6 heteroatoms. The van der Waals surface area contributed by atoms with Gasteiger partial charge in [-0.15, -0.1) is 0 Å². The number of carbonyl (C=O) groups is 1. The van der Waals surface area contributed by atoms with Gasteiger partial charge in [-0.05, 0) is 19.1 Å². The van der Waals surface area contributed by atoms with Crippen LogP contribution in [0, 0.1) is 10.1 Å². The van der Waals surface area contributed by atoms with Crippen molar-refractivity contribution in [3.63, 3.8) is 0 Å². The zero-order valence-electron chi connectivity index (χ0n) is 9.80. The average Bonchev–Trinajstić information content (AvgIpc) is 2.35. The van der Waals surface area contributed by atoms with Crippen LogP contribution in [0.2, 0.25) is 0 Å². The maximum Gasteiger partial charge on any atom is 0.338 e. The highest BCUT2D eigenvalue weighted by Gasteiger charge is 2.21. The van der Waals surface area contributed by atoms with E-state index >= 15 is 0 Å². The molecule has 0 spiro atoms. The Morgan fingerprint density at radius 3 is 2.53 bits per heavy atom. The van der Waals surface area contributed by atoms with Gasteiger partial charge in [0, 0.05) is 13.2 Å². The van der Waals surface area contributed by atoms with E-state index in [1.54, 1.807) is 6.92 Å². The van der Waals surface area contributed by atoms with Gasteiger partial charge in [-0.2, -0.15) is 0 Å². The van der Waals surface area contributed by atoms with Gasteiger partial charge in [0.05, 0.1) is 29.3 Å². The van der Waals surface area contributed by atoms with E-state index in [4.69, 9.17) is 4.74 Å². The van der Waals surface area contributed by atoms with Gasteiger partial charge < -0.3 is 9.47 Å². The minimum absolute atomic E-state index is 0.145. The summed E-state index contributed by atoms with van der Waals surface area (Å²) in [6.07, 6.45) is -0.415. The Morgan fingerprint density at radius 1 is 1.41 bits per heavy atom. The van der Waals surface area contributed by atoms with Gasteiger partial charge in [-0.25, -0.2) is 4.79 Å². The number of ether oxygens (including phenoxy) is 2. The topological polar surface area (TPSA) is 78.7 Å². The molecule has 0 aromatic heterocycles. The standard InChI is InChI=1S/C11H13NO5/c1-7(16-2)9-5-4-8(11(13)17-3)6-10(9)12(14)15/h4-7H,1-3H3/t7-/m0/s1. The molecule has 0 fully saturated rings. The summed E-state index contributed by atoms with van der Waals surface area (Å²) in [5.74, 6) is -0.607. The number of esters is 1. The predicted octanol–water partition coefficient (Wildman–Crippen LogP) is 2.09. The highest BCUT2D eigenvalue weighted by atomic mass is 16.6. The summed E-state index contributed by atoms with van der Waals surface area (Å²) in [6.45, 7) is 1.69. The van der Waals surface area contributed by atoms with E-state index in [1.807, 2.05) is 0 Å². The maximum atomic E-state index is 11.3.